The van der Waals surface area contributed by atoms with Crippen LogP contribution < -0.4 is 5.32 Å². The fraction of sp³-hybridized carbons (Fsp3) is 0.458. The minimum Gasteiger partial charge on any atom is -0.350 e. The fourth-order valence-corrected chi connectivity index (χ4v) is 5.23. The first-order valence-corrected chi connectivity index (χ1v) is 12.8. The van der Waals surface area contributed by atoms with Crippen molar-refractivity contribution in [3.05, 3.63) is 71.3 Å². The molecule has 1 atom stereocenters. The molecule has 3 rings (SSSR count). The number of carbonyl (C=O) groups excluding carboxylic acids is 1. The molecule has 1 heterocycles. The molecule has 0 saturated carbocycles. The predicted molar refractivity (Wildman–Crippen MR) is 124 cm³/mol. The summed E-state index contributed by atoms with van der Waals surface area (Å²) in [5.41, 5.74) is 3.21. The van der Waals surface area contributed by atoms with Crippen LogP contribution in [0.25, 0.3) is 0 Å². The van der Waals surface area contributed by atoms with Gasteiger partial charge in [0.15, 0.2) is 9.84 Å². The van der Waals surface area contributed by atoms with Crippen LogP contribution in [0.15, 0.2) is 54.6 Å². The molecule has 1 N–H and O–H groups in total. The predicted octanol–water partition coefficient (Wildman–Crippen LogP) is 2.62. The molecule has 2 aromatic carbocycles. The SMILES string of the molecule is CCN(CC)Cc1ccccc1CNC(=O)C(c1ccccc1)N1CCS(=O)(=O)CC1. The maximum Gasteiger partial charge on any atom is 0.242 e. The third kappa shape index (κ3) is 6.38. The highest BCUT2D eigenvalue weighted by Gasteiger charge is 2.32. The van der Waals surface area contributed by atoms with E-state index in [0.29, 0.717) is 19.6 Å². The Morgan fingerprint density at radius 1 is 0.968 bits per heavy atom. The minimum absolute atomic E-state index is 0.0936. The maximum absolute atomic E-state index is 13.3. The molecule has 7 heteroatoms. The Balaban J connectivity index is 1.75. The molecule has 1 aliphatic heterocycles. The normalized spacial score (nSPS) is 17.4. The van der Waals surface area contributed by atoms with E-state index in [4.69, 9.17) is 0 Å². The zero-order valence-electron chi connectivity index (χ0n) is 18.5. The van der Waals surface area contributed by atoms with E-state index in [2.05, 4.69) is 36.2 Å². The average Bonchev–Trinajstić information content (AvgIpc) is 2.78. The second kappa shape index (κ2) is 10.9. The number of hydrogen-bond donors (Lipinski definition) is 1. The fourth-order valence-electron chi connectivity index (χ4n) is 4.00. The lowest BCUT2D eigenvalue weighted by molar-refractivity contribution is -0.126. The first-order chi connectivity index (χ1) is 14.9. The Bertz CT molecular complexity index is 945. The zero-order chi connectivity index (χ0) is 22.3. The number of benzene rings is 2. The van der Waals surface area contributed by atoms with Crippen LogP contribution in [0.3, 0.4) is 0 Å². The largest absolute Gasteiger partial charge is 0.350 e. The van der Waals surface area contributed by atoms with Crippen LogP contribution in [0, 0.1) is 0 Å². The number of nitrogens with one attached hydrogen (secondary N) is 1. The van der Waals surface area contributed by atoms with Gasteiger partial charge in [0.05, 0.1) is 11.5 Å². The highest BCUT2D eigenvalue weighted by molar-refractivity contribution is 7.91. The smallest absolute Gasteiger partial charge is 0.242 e. The lowest BCUT2D eigenvalue weighted by Crippen LogP contribution is -2.47. The second-order valence-corrected chi connectivity index (χ2v) is 10.3. The van der Waals surface area contributed by atoms with E-state index in [1.54, 1.807) is 0 Å². The molecular weight excluding hydrogens is 410 g/mol. The summed E-state index contributed by atoms with van der Waals surface area (Å²) in [6.45, 7) is 8.29. The molecule has 0 aliphatic carbocycles. The van der Waals surface area contributed by atoms with Gasteiger partial charge in [-0.2, -0.15) is 0 Å². The van der Waals surface area contributed by atoms with Gasteiger partial charge >= 0.3 is 0 Å². The Morgan fingerprint density at radius 3 is 2.16 bits per heavy atom. The summed E-state index contributed by atoms with van der Waals surface area (Å²) in [7, 11) is -3.01. The van der Waals surface area contributed by atoms with E-state index in [9.17, 15) is 13.2 Å². The third-order valence-electron chi connectivity index (χ3n) is 5.97. The summed E-state index contributed by atoms with van der Waals surface area (Å²) in [4.78, 5) is 17.6. The van der Waals surface area contributed by atoms with E-state index in [-0.39, 0.29) is 17.4 Å². The summed E-state index contributed by atoms with van der Waals surface area (Å²) in [5, 5.41) is 3.12. The van der Waals surface area contributed by atoms with Gasteiger partial charge in [0.2, 0.25) is 5.91 Å². The third-order valence-corrected chi connectivity index (χ3v) is 7.58. The van der Waals surface area contributed by atoms with Crippen LogP contribution in [-0.4, -0.2) is 61.8 Å². The van der Waals surface area contributed by atoms with Crippen molar-refractivity contribution in [1.29, 1.82) is 0 Å². The van der Waals surface area contributed by atoms with Crippen LogP contribution in [0.1, 0.15) is 36.6 Å². The Kier molecular flexibility index (Phi) is 8.23. The summed E-state index contributed by atoms with van der Waals surface area (Å²) >= 11 is 0. The number of sulfone groups is 1. The Morgan fingerprint density at radius 2 is 1.55 bits per heavy atom. The number of nitrogens with zero attached hydrogens (tertiary/aromatic N) is 2. The maximum atomic E-state index is 13.3. The molecule has 0 bridgehead atoms. The lowest BCUT2D eigenvalue weighted by Gasteiger charge is -2.33. The van der Waals surface area contributed by atoms with Crippen LogP contribution in [0.5, 0.6) is 0 Å². The quantitative estimate of drug-likeness (QED) is 0.645. The molecule has 1 amide bonds. The van der Waals surface area contributed by atoms with Crippen molar-refractivity contribution in [1.82, 2.24) is 15.1 Å². The minimum atomic E-state index is -3.01. The number of rotatable bonds is 9. The van der Waals surface area contributed by atoms with Gasteiger partial charge in [0, 0.05) is 26.2 Å². The molecule has 31 heavy (non-hydrogen) atoms. The monoisotopic (exact) mass is 443 g/mol. The Labute approximate surface area is 186 Å². The van der Waals surface area contributed by atoms with Crippen LogP contribution in [-0.2, 0) is 27.7 Å². The zero-order valence-corrected chi connectivity index (χ0v) is 19.3. The van der Waals surface area contributed by atoms with Gasteiger partial charge in [0.25, 0.3) is 0 Å². The van der Waals surface area contributed by atoms with Gasteiger partial charge in [-0.05, 0) is 29.8 Å². The summed E-state index contributed by atoms with van der Waals surface area (Å²) < 4.78 is 23.8. The molecule has 0 aromatic heterocycles. The molecule has 1 unspecified atom stereocenters. The van der Waals surface area contributed by atoms with E-state index in [1.807, 2.05) is 47.4 Å². The highest BCUT2D eigenvalue weighted by atomic mass is 32.2. The van der Waals surface area contributed by atoms with Crippen molar-refractivity contribution in [2.45, 2.75) is 33.0 Å². The molecule has 1 fully saturated rings. The van der Waals surface area contributed by atoms with Crippen molar-refractivity contribution in [3.8, 4) is 0 Å². The molecule has 1 aliphatic rings. The molecule has 2 aromatic rings. The van der Waals surface area contributed by atoms with Gasteiger partial charge in [0.1, 0.15) is 6.04 Å². The van der Waals surface area contributed by atoms with Crippen LogP contribution >= 0.6 is 0 Å². The standard InChI is InChI=1S/C24H33N3O3S/c1-3-26(4-2)19-22-13-9-8-12-21(22)18-25-24(28)23(20-10-6-5-7-11-20)27-14-16-31(29,30)17-15-27/h5-13,23H,3-4,14-19H2,1-2H3,(H,25,28). The van der Waals surface area contributed by atoms with Crippen molar-refractivity contribution < 1.29 is 13.2 Å². The van der Waals surface area contributed by atoms with Crippen LogP contribution in [0.4, 0.5) is 0 Å². The number of amides is 1. The number of carbonyl (C=O) groups is 1. The van der Waals surface area contributed by atoms with Gasteiger partial charge in [-0.3, -0.25) is 14.6 Å². The second-order valence-electron chi connectivity index (χ2n) is 7.95. The molecule has 0 radical (unpaired) electrons. The van der Waals surface area contributed by atoms with E-state index in [0.717, 1.165) is 30.8 Å². The van der Waals surface area contributed by atoms with Crippen molar-refractivity contribution in [2.24, 2.45) is 0 Å². The molecular formula is C24H33N3O3S. The molecule has 168 valence electrons. The topological polar surface area (TPSA) is 69.7 Å². The van der Waals surface area contributed by atoms with Crippen molar-refractivity contribution >= 4 is 15.7 Å². The highest BCUT2D eigenvalue weighted by Crippen LogP contribution is 2.23. The Hall–Kier alpha value is -2.22. The summed E-state index contributed by atoms with van der Waals surface area (Å²) in [6, 6.07) is 17.3. The summed E-state index contributed by atoms with van der Waals surface area (Å²) in [6.07, 6.45) is 0. The molecule has 0 spiro atoms. The van der Waals surface area contributed by atoms with E-state index >= 15 is 0 Å². The van der Waals surface area contributed by atoms with Gasteiger partial charge < -0.3 is 5.32 Å². The van der Waals surface area contributed by atoms with Crippen molar-refractivity contribution in [2.75, 3.05) is 37.7 Å². The van der Waals surface area contributed by atoms with Crippen LogP contribution in [0.2, 0.25) is 0 Å². The molecule has 6 nitrogen and oxygen atoms in total. The van der Waals surface area contributed by atoms with Gasteiger partial charge in [-0.1, -0.05) is 68.4 Å². The van der Waals surface area contributed by atoms with Gasteiger partial charge in [-0.25, -0.2) is 8.42 Å². The average molecular weight is 444 g/mol. The molecule has 1 saturated heterocycles. The first kappa shape index (κ1) is 23.4. The van der Waals surface area contributed by atoms with Crippen molar-refractivity contribution in [3.63, 3.8) is 0 Å². The summed E-state index contributed by atoms with van der Waals surface area (Å²) in [5.74, 6) is 0.0928. The number of hydrogen-bond acceptors (Lipinski definition) is 5. The van der Waals surface area contributed by atoms with E-state index in [1.165, 1.54) is 5.56 Å². The lowest BCUT2D eigenvalue weighted by atomic mass is 10.0. The van der Waals surface area contributed by atoms with Gasteiger partial charge in [-0.15, -0.1) is 0 Å². The first-order valence-electron chi connectivity index (χ1n) is 11.0. The van der Waals surface area contributed by atoms with E-state index < -0.39 is 15.9 Å².